The Morgan fingerprint density at radius 3 is 2.12 bits per heavy atom. The lowest BCUT2D eigenvalue weighted by Crippen LogP contribution is -2.41. The summed E-state index contributed by atoms with van der Waals surface area (Å²) < 4.78 is 0. The van der Waals surface area contributed by atoms with Crippen LogP contribution in [-0.4, -0.2) is 18.0 Å². The number of hydrogen-bond acceptors (Lipinski definition) is 2. The highest BCUT2D eigenvalue weighted by molar-refractivity contribution is 5.79. The predicted octanol–water partition coefficient (Wildman–Crippen LogP) is 1.42. The molecule has 1 amide bonds. The lowest BCUT2D eigenvalue weighted by atomic mass is 10.0. The van der Waals surface area contributed by atoms with Gasteiger partial charge in [-0.05, 0) is 56.8 Å². The van der Waals surface area contributed by atoms with Gasteiger partial charge >= 0.3 is 0 Å². The topological polar surface area (TPSA) is 55.1 Å². The molecule has 0 spiro atoms. The van der Waals surface area contributed by atoms with Crippen molar-refractivity contribution in [1.82, 2.24) is 5.32 Å². The number of hydrogen-bond donors (Lipinski definition) is 2. The van der Waals surface area contributed by atoms with Gasteiger partial charge in [0, 0.05) is 18.0 Å². The minimum Gasteiger partial charge on any atom is -0.353 e. The molecule has 0 aliphatic heterocycles. The summed E-state index contributed by atoms with van der Waals surface area (Å²) in [6, 6.07) is 0.764. The maximum Gasteiger partial charge on any atom is 0.223 e. The molecule has 0 radical (unpaired) electrons. The number of carbonyl (C=O) groups is 1. The number of amides is 1. The third-order valence-electron chi connectivity index (χ3n) is 4.41. The molecule has 3 N–H and O–H groups in total. The second kappa shape index (κ2) is 4.02. The highest BCUT2D eigenvalue weighted by Gasteiger charge is 2.43. The SMILES string of the molecule is NC1CCC(C(=O)NC(C2CC2)C2CC2)C1. The van der Waals surface area contributed by atoms with E-state index in [0.717, 1.165) is 31.1 Å². The third kappa shape index (κ3) is 2.24. The summed E-state index contributed by atoms with van der Waals surface area (Å²) in [6.45, 7) is 0. The third-order valence-corrected chi connectivity index (χ3v) is 4.41. The molecule has 3 saturated carbocycles. The fraction of sp³-hybridized carbons (Fsp3) is 0.923. The zero-order valence-corrected chi connectivity index (χ0v) is 9.82. The van der Waals surface area contributed by atoms with Gasteiger partial charge in [-0.3, -0.25) is 4.79 Å². The van der Waals surface area contributed by atoms with E-state index in [0.29, 0.717) is 6.04 Å². The van der Waals surface area contributed by atoms with E-state index in [2.05, 4.69) is 5.32 Å². The lowest BCUT2D eigenvalue weighted by Gasteiger charge is -2.20. The second-order valence-corrected chi connectivity index (χ2v) is 5.98. The van der Waals surface area contributed by atoms with Crippen molar-refractivity contribution in [2.75, 3.05) is 0 Å². The first-order valence-electron chi connectivity index (χ1n) is 6.80. The number of rotatable bonds is 4. The largest absolute Gasteiger partial charge is 0.353 e. The fourth-order valence-corrected chi connectivity index (χ4v) is 3.07. The van der Waals surface area contributed by atoms with E-state index in [9.17, 15) is 4.79 Å². The van der Waals surface area contributed by atoms with E-state index < -0.39 is 0 Å². The summed E-state index contributed by atoms with van der Waals surface area (Å²) in [4.78, 5) is 12.1. The van der Waals surface area contributed by atoms with Crippen LogP contribution in [0, 0.1) is 17.8 Å². The van der Waals surface area contributed by atoms with E-state index in [1.807, 2.05) is 0 Å². The zero-order valence-electron chi connectivity index (χ0n) is 9.82. The van der Waals surface area contributed by atoms with Crippen molar-refractivity contribution < 1.29 is 4.79 Å². The summed E-state index contributed by atoms with van der Waals surface area (Å²) in [7, 11) is 0. The minimum atomic E-state index is 0.204. The Balaban J connectivity index is 1.54. The molecule has 0 aromatic carbocycles. The van der Waals surface area contributed by atoms with Crippen LogP contribution in [0.15, 0.2) is 0 Å². The number of nitrogens with two attached hydrogens (primary N) is 1. The van der Waals surface area contributed by atoms with Crippen molar-refractivity contribution >= 4 is 5.91 Å². The smallest absolute Gasteiger partial charge is 0.223 e. The van der Waals surface area contributed by atoms with Gasteiger partial charge in [-0.1, -0.05) is 0 Å². The normalized spacial score (nSPS) is 34.4. The van der Waals surface area contributed by atoms with E-state index in [4.69, 9.17) is 5.73 Å². The molecule has 16 heavy (non-hydrogen) atoms. The van der Waals surface area contributed by atoms with Gasteiger partial charge in [0.2, 0.25) is 5.91 Å². The first-order chi connectivity index (χ1) is 7.74. The molecule has 0 saturated heterocycles. The molecule has 3 aliphatic rings. The van der Waals surface area contributed by atoms with Crippen molar-refractivity contribution in [3.63, 3.8) is 0 Å². The summed E-state index contributed by atoms with van der Waals surface area (Å²) in [5.41, 5.74) is 5.86. The first kappa shape index (κ1) is 10.6. The van der Waals surface area contributed by atoms with Crippen molar-refractivity contribution in [2.45, 2.75) is 57.0 Å². The van der Waals surface area contributed by atoms with E-state index in [1.54, 1.807) is 0 Å². The van der Waals surface area contributed by atoms with Crippen molar-refractivity contribution in [3.05, 3.63) is 0 Å². The fourth-order valence-electron chi connectivity index (χ4n) is 3.07. The minimum absolute atomic E-state index is 0.204. The molecule has 0 aromatic heterocycles. The average Bonchev–Trinajstić information content (AvgIpc) is 3.14. The Hall–Kier alpha value is -0.570. The van der Waals surface area contributed by atoms with Crippen LogP contribution < -0.4 is 11.1 Å². The van der Waals surface area contributed by atoms with Crippen molar-refractivity contribution in [1.29, 1.82) is 0 Å². The van der Waals surface area contributed by atoms with Gasteiger partial charge in [0.1, 0.15) is 0 Å². The summed E-state index contributed by atoms with van der Waals surface area (Å²) in [6.07, 6.45) is 8.22. The average molecular weight is 222 g/mol. The quantitative estimate of drug-likeness (QED) is 0.756. The molecule has 0 heterocycles. The van der Waals surface area contributed by atoms with E-state index in [-0.39, 0.29) is 17.9 Å². The molecular weight excluding hydrogens is 200 g/mol. The van der Waals surface area contributed by atoms with E-state index in [1.165, 1.54) is 25.7 Å². The number of nitrogens with one attached hydrogen (secondary N) is 1. The van der Waals surface area contributed by atoms with E-state index >= 15 is 0 Å². The van der Waals surface area contributed by atoms with Gasteiger partial charge in [0.25, 0.3) is 0 Å². The van der Waals surface area contributed by atoms with Crippen LogP contribution >= 0.6 is 0 Å². The summed E-state index contributed by atoms with van der Waals surface area (Å²) in [5.74, 6) is 2.09. The van der Waals surface area contributed by atoms with Gasteiger partial charge in [-0.15, -0.1) is 0 Å². The van der Waals surface area contributed by atoms with Gasteiger partial charge in [0.05, 0.1) is 0 Å². The van der Waals surface area contributed by atoms with Gasteiger partial charge in [-0.2, -0.15) is 0 Å². The molecule has 3 heteroatoms. The van der Waals surface area contributed by atoms with Crippen LogP contribution in [0.25, 0.3) is 0 Å². The maximum absolute atomic E-state index is 12.1. The monoisotopic (exact) mass is 222 g/mol. The Bertz CT molecular complexity index is 272. The molecule has 0 bridgehead atoms. The van der Waals surface area contributed by atoms with Crippen LogP contribution in [0.2, 0.25) is 0 Å². The molecule has 2 atom stereocenters. The number of carbonyl (C=O) groups excluding carboxylic acids is 1. The highest BCUT2D eigenvalue weighted by Crippen LogP contribution is 2.44. The Morgan fingerprint density at radius 1 is 1.06 bits per heavy atom. The van der Waals surface area contributed by atoms with Gasteiger partial charge in [0.15, 0.2) is 0 Å². The van der Waals surface area contributed by atoms with Crippen LogP contribution in [0.5, 0.6) is 0 Å². The second-order valence-electron chi connectivity index (χ2n) is 5.98. The molecular formula is C13H22N2O. The molecule has 3 nitrogen and oxygen atoms in total. The predicted molar refractivity (Wildman–Crippen MR) is 62.7 cm³/mol. The Morgan fingerprint density at radius 2 is 1.69 bits per heavy atom. The van der Waals surface area contributed by atoms with Gasteiger partial charge < -0.3 is 11.1 Å². The molecule has 2 unspecified atom stereocenters. The van der Waals surface area contributed by atoms with Gasteiger partial charge in [-0.25, -0.2) is 0 Å². The summed E-state index contributed by atoms with van der Waals surface area (Å²) >= 11 is 0. The summed E-state index contributed by atoms with van der Waals surface area (Å²) in [5, 5.41) is 3.31. The zero-order chi connectivity index (χ0) is 11.1. The van der Waals surface area contributed by atoms with Crippen LogP contribution in [-0.2, 0) is 4.79 Å². The molecule has 3 rings (SSSR count). The first-order valence-corrected chi connectivity index (χ1v) is 6.80. The van der Waals surface area contributed by atoms with Crippen molar-refractivity contribution in [3.8, 4) is 0 Å². The van der Waals surface area contributed by atoms with Crippen LogP contribution in [0.3, 0.4) is 0 Å². The maximum atomic E-state index is 12.1. The van der Waals surface area contributed by atoms with Crippen LogP contribution in [0.1, 0.15) is 44.9 Å². The lowest BCUT2D eigenvalue weighted by molar-refractivity contribution is -0.125. The van der Waals surface area contributed by atoms with Crippen molar-refractivity contribution in [2.24, 2.45) is 23.5 Å². The standard InChI is InChI=1S/C13H22N2O/c14-11-6-5-10(7-11)13(16)15-12(8-1-2-8)9-3-4-9/h8-12H,1-7,14H2,(H,15,16). The van der Waals surface area contributed by atoms with Crippen LogP contribution in [0.4, 0.5) is 0 Å². The molecule has 3 fully saturated rings. The highest BCUT2D eigenvalue weighted by atomic mass is 16.2. The molecule has 3 aliphatic carbocycles. The Labute approximate surface area is 97.2 Å². The molecule has 90 valence electrons. The molecule has 0 aromatic rings. The Kier molecular flexibility index (Phi) is 2.66.